The Morgan fingerprint density at radius 3 is 1.92 bits per heavy atom. The molecular weight excluding hydrogens is 387 g/mol. The Kier molecular flexibility index (Phi) is 6.59. The third-order valence-corrected chi connectivity index (χ3v) is 5.11. The Morgan fingerprint density at radius 1 is 0.960 bits per heavy atom. The van der Waals surface area contributed by atoms with E-state index in [1.165, 1.54) is 0 Å². The molecule has 3 rings (SSSR count). The molecule has 2 atom stereocenters. The molecule has 1 saturated heterocycles. The highest BCUT2D eigenvalue weighted by atomic mass is 79.9. The molecule has 2 aromatic rings. The van der Waals surface area contributed by atoms with Gasteiger partial charge in [-0.05, 0) is 11.1 Å². The van der Waals surface area contributed by atoms with Crippen molar-refractivity contribution in [3.63, 3.8) is 0 Å². The first-order valence-electron chi connectivity index (χ1n) is 8.40. The van der Waals surface area contributed by atoms with Crippen LogP contribution in [-0.4, -0.2) is 24.1 Å². The zero-order chi connectivity index (χ0) is 17.5. The quantitative estimate of drug-likeness (QED) is 0.484. The second-order valence-electron chi connectivity index (χ2n) is 6.18. The molecule has 0 spiro atoms. The SMILES string of the molecule is FC1CC(OCc2ccccc2)(OCc2ccccc2)OCC1CBr. The third kappa shape index (κ3) is 5.11. The molecule has 134 valence electrons. The number of halogens is 2. The summed E-state index contributed by atoms with van der Waals surface area (Å²) in [6, 6.07) is 19.5. The fourth-order valence-electron chi connectivity index (χ4n) is 2.72. The van der Waals surface area contributed by atoms with E-state index in [0.29, 0.717) is 18.5 Å². The molecule has 2 aromatic carbocycles. The van der Waals surface area contributed by atoms with Gasteiger partial charge in [0.1, 0.15) is 6.17 Å². The van der Waals surface area contributed by atoms with Gasteiger partial charge in [-0.15, -0.1) is 0 Å². The maximum absolute atomic E-state index is 14.5. The Morgan fingerprint density at radius 2 is 1.48 bits per heavy atom. The van der Waals surface area contributed by atoms with E-state index in [1.807, 2.05) is 60.7 Å². The number of rotatable bonds is 7. The topological polar surface area (TPSA) is 27.7 Å². The van der Waals surface area contributed by atoms with Crippen LogP contribution in [0.4, 0.5) is 4.39 Å². The zero-order valence-electron chi connectivity index (χ0n) is 13.9. The predicted octanol–water partition coefficient (Wildman–Crippen LogP) is 4.84. The molecule has 0 amide bonds. The Labute approximate surface area is 156 Å². The fourth-order valence-corrected chi connectivity index (χ4v) is 3.31. The van der Waals surface area contributed by atoms with Gasteiger partial charge in [-0.25, -0.2) is 4.39 Å². The summed E-state index contributed by atoms with van der Waals surface area (Å²) in [5.41, 5.74) is 1.98. The van der Waals surface area contributed by atoms with Crippen molar-refractivity contribution in [1.29, 1.82) is 0 Å². The van der Waals surface area contributed by atoms with E-state index in [-0.39, 0.29) is 18.9 Å². The van der Waals surface area contributed by atoms with Gasteiger partial charge in [-0.3, -0.25) is 0 Å². The van der Waals surface area contributed by atoms with E-state index in [1.54, 1.807) is 0 Å². The molecule has 0 aromatic heterocycles. The van der Waals surface area contributed by atoms with Crippen molar-refractivity contribution in [3.05, 3.63) is 71.8 Å². The maximum atomic E-state index is 14.5. The lowest BCUT2D eigenvalue weighted by Crippen LogP contribution is -2.49. The van der Waals surface area contributed by atoms with Crippen molar-refractivity contribution in [2.45, 2.75) is 31.8 Å². The lowest BCUT2D eigenvalue weighted by atomic mass is 10.0. The van der Waals surface area contributed by atoms with Crippen molar-refractivity contribution in [3.8, 4) is 0 Å². The van der Waals surface area contributed by atoms with Gasteiger partial charge in [0, 0.05) is 11.2 Å². The first-order valence-corrected chi connectivity index (χ1v) is 9.53. The standard InChI is InChI=1S/C20H22BrFO3/c21-12-18-15-25-20(11-19(18)22,23-13-16-7-3-1-4-8-16)24-14-17-9-5-2-6-10-17/h1-10,18-19H,11-15H2. The van der Waals surface area contributed by atoms with Gasteiger partial charge in [0.05, 0.1) is 26.2 Å². The largest absolute Gasteiger partial charge is 0.327 e. The summed E-state index contributed by atoms with van der Waals surface area (Å²) in [6.07, 6.45) is -0.984. The van der Waals surface area contributed by atoms with E-state index in [4.69, 9.17) is 14.2 Å². The van der Waals surface area contributed by atoms with E-state index >= 15 is 0 Å². The Bertz CT molecular complexity index is 594. The van der Waals surface area contributed by atoms with Crippen LogP contribution in [0.2, 0.25) is 0 Å². The van der Waals surface area contributed by atoms with Crippen molar-refractivity contribution in [2.24, 2.45) is 5.92 Å². The van der Waals surface area contributed by atoms with Crippen molar-refractivity contribution >= 4 is 15.9 Å². The normalized spacial score (nSPS) is 22.6. The average Bonchev–Trinajstić information content (AvgIpc) is 2.67. The van der Waals surface area contributed by atoms with Gasteiger partial charge in [-0.2, -0.15) is 0 Å². The summed E-state index contributed by atoms with van der Waals surface area (Å²) < 4.78 is 32.3. The molecule has 0 radical (unpaired) electrons. The van der Waals surface area contributed by atoms with Gasteiger partial charge in [0.15, 0.2) is 0 Å². The van der Waals surface area contributed by atoms with E-state index in [9.17, 15) is 4.39 Å². The minimum Gasteiger partial charge on any atom is -0.327 e. The maximum Gasteiger partial charge on any atom is 0.286 e. The third-order valence-electron chi connectivity index (χ3n) is 4.28. The molecule has 5 heteroatoms. The van der Waals surface area contributed by atoms with Gasteiger partial charge in [0.2, 0.25) is 0 Å². The fraction of sp³-hybridized carbons (Fsp3) is 0.400. The molecule has 2 unspecified atom stereocenters. The number of alkyl halides is 2. The van der Waals surface area contributed by atoms with E-state index < -0.39 is 12.1 Å². The van der Waals surface area contributed by atoms with Crippen LogP contribution in [-0.2, 0) is 27.4 Å². The minimum absolute atomic E-state index is 0.0585. The van der Waals surface area contributed by atoms with Crippen LogP contribution in [0.3, 0.4) is 0 Å². The van der Waals surface area contributed by atoms with Crippen LogP contribution in [0, 0.1) is 5.92 Å². The molecule has 0 N–H and O–H groups in total. The lowest BCUT2D eigenvalue weighted by Gasteiger charge is -2.40. The summed E-state index contributed by atoms with van der Waals surface area (Å²) in [4.78, 5) is 0. The number of benzene rings is 2. The molecular formula is C20H22BrFO3. The molecule has 3 nitrogen and oxygen atoms in total. The smallest absolute Gasteiger partial charge is 0.286 e. The van der Waals surface area contributed by atoms with Gasteiger partial charge < -0.3 is 14.2 Å². The number of hydrogen-bond donors (Lipinski definition) is 0. The van der Waals surface area contributed by atoms with Crippen LogP contribution >= 0.6 is 15.9 Å². The monoisotopic (exact) mass is 408 g/mol. The number of ether oxygens (including phenoxy) is 3. The van der Waals surface area contributed by atoms with E-state index in [2.05, 4.69) is 15.9 Å². The second-order valence-corrected chi connectivity index (χ2v) is 6.82. The summed E-state index contributed by atoms with van der Waals surface area (Å²) in [5, 5.41) is 0.557. The first kappa shape index (κ1) is 18.5. The second kappa shape index (κ2) is 8.90. The van der Waals surface area contributed by atoms with Gasteiger partial charge in [-0.1, -0.05) is 76.6 Å². The average molecular weight is 409 g/mol. The minimum atomic E-state index is -1.36. The Hall–Kier alpha value is -1.27. The van der Waals surface area contributed by atoms with Crippen LogP contribution in [0.15, 0.2) is 60.7 Å². The lowest BCUT2D eigenvalue weighted by molar-refractivity contribution is -0.412. The van der Waals surface area contributed by atoms with Crippen molar-refractivity contribution in [2.75, 3.05) is 11.9 Å². The predicted molar refractivity (Wildman–Crippen MR) is 97.9 cm³/mol. The van der Waals surface area contributed by atoms with E-state index in [0.717, 1.165) is 11.1 Å². The summed E-state index contributed by atoms with van der Waals surface area (Å²) in [6.45, 7) is 0.874. The molecule has 0 bridgehead atoms. The summed E-state index contributed by atoms with van der Waals surface area (Å²) >= 11 is 3.34. The van der Waals surface area contributed by atoms with Gasteiger partial charge >= 0.3 is 0 Å². The highest BCUT2D eigenvalue weighted by Gasteiger charge is 2.44. The summed E-state index contributed by atoms with van der Waals surface area (Å²) in [5.74, 6) is -1.54. The molecule has 25 heavy (non-hydrogen) atoms. The summed E-state index contributed by atoms with van der Waals surface area (Å²) in [7, 11) is 0. The molecule has 1 aliphatic rings. The highest BCUT2D eigenvalue weighted by molar-refractivity contribution is 9.09. The van der Waals surface area contributed by atoms with Crippen molar-refractivity contribution < 1.29 is 18.6 Å². The molecule has 0 aliphatic carbocycles. The molecule has 1 heterocycles. The van der Waals surface area contributed by atoms with Crippen LogP contribution < -0.4 is 0 Å². The number of hydrogen-bond acceptors (Lipinski definition) is 3. The van der Waals surface area contributed by atoms with Crippen LogP contribution in [0.25, 0.3) is 0 Å². The molecule has 1 aliphatic heterocycles. The first-order chi connectivity index (χ1) is 12.2. The van der Waals surface area contributed by atoms with Crippen LogP contribution in [0.1, 0.15) is 17.5 Å². The molecule has 0 saturated carbocycles. The van der Waals surface area contributed by atoms with Crippen LogP contribution in [0.5, 0.6) is 0 Å². The zero-order valence-corrected chi connectivity index (χ0v) is 15.5. The van der Waals surface area contributed by atoms with Gasteiger partial charge in [0.25, 0.3) is 5.97 Å². The highest BCUT2D eigenvalue weighted by Crippen LogP contribution is 2.35. The van der Waals surface area contributed by atoms with Crippen molar-refractivity contribution in [1.82, 2.24) is 0 Å². The molecule has 1 fully saturated rings. The Balaban J connectivity index is 1.69.